The summed E-state index contributed by atoms with van der Waals surface area (Å²) >= 11 is 6.22. The molecule has 5 heteroatoms. The van der Waals surface area contributed by atoms with Gasteiger partial charge in [0, 0.05) is 17.6 Å². The average molecular weight is 350 g/mol. The van der Waals surface area contributed by atoms with Gasteiger partial charge >= 0.3 is 0 Å². The maximum Gasteiger partial charge on any atom is 0.234 e. The summed E-state index contributed by atoms with van der Waals surface area (Å²) in [5.41, 5.74) is 0.973. The van der Waals surface area contributed by atoms with E-state index in [4.69, 9.17) is 11.6 Å². The van der Waals surface area contributed by atoms with E-state index in [9.17, 15) is 4.79 Å². The zero-order valence-electron chi connectivity index (χ0n) is 14.5. The predicted molar refractivity (Wildman–Crippen MR) is 98.3 cm³/mol. The highest BCUT2D eigenvalue weighted by Crippen LogP contribution is 2.23. The maximum atomic E-state index is 12.4. The van der Waals surface area contributed by atoms with Crippen molar-refractivity contribution in [1.82, 2.24) is 15.1 Å². The molecule has 2 unspecified atom stereocenters. The summed E-state index contributed by atoms with van der Waals surface area (Å²) in [6.45, 7) is 6.98. The van der Waals surface area contributed by atoms with Crippen molar-refractivity contribution in [3.05, 3.63) is 34.9 Å². The van der Waals surface area contributed by atoms with Gasteiger partial charge in [-0.2, -0.15) is 0 Å². The van der Waals surface area contributed by atoms with E-state index < -0.39 is 0 Å². The van der Waals surface area contributed by atoms with E-state index in [0.29, 0.717) is 17.6 Å². The van der Waals surface area contributed by atoms with Crippen LogP contribution in [0.25, 0.3) is 0 Å². The Balaban J connectivity index is 1.50. The van der Waals surface area contributed by atoms with E-state index in [2.05, 4.69) is 15.1 Å². The minimum absolute atomic E-state index is 0.0645. The molecule has 1 N–H and O–H groups in total. The molecule has 2 heterocycles. The van der Waals surface area contributed by atoms with E-state index in [1.165, 1.54) is 38.8 Å². The lowest BCUT2D eigenvalue weighted by atomic mass is 10.0. The highest BCUT2D eigenvalue weighted by atomic mass is 35.5. The van der Waals surface area contributed by atoms with E-state index in [1.54, 1.807) is 0 Å². The summed E-state index contributed by atoms with van der Waals surface area (Å²) in [4.78, 5) is 17.3. The normalized spacial score (nSPS) is 24.0. The summed E-state index contributed by atoms with van der Waals surface area (Å²) in [6, 6.07) is 8.27. The van der Waals surface area contributed by atoms with Crippen LogP contribution in [0, 0.1) is 0 Å². The van der Waals surface area contributed by atoms with E-state index >= 15 is 0 Å². The Morgan fingerprint density at radius 1 is 1.25 bits per heavy atom. The first-order valence-electron chi connectivity index (χ1n) is 9.13. The van der Waals surface area contributed by atoms with Crippen LogP contribution in [-0.2, 0) is 4.79 Å². The number of piperidine rings is 1. The van der Waals surface area contributed by atoms with Gasteiger partial charge in [-0.1, -0.05) is 29.8 Å². The Labute approximate surface area is 150 Å². The molecule has 1 aromatic rings. The van der Waals surface area contributed by atoms with Gasteiger partial charge in [-0.05, 0) is 63.9 Å². The SMILES string of the molecule is CC(NC(=O)CN1CCCC(N2CCCC2)C1)c1ccccc1Cl. The van der Waals surface area contributed by atoms with Crippen LogP contribution in [0.15, 0.2) is 24.3 Å². The van der Waals surface area contributed by atoms with Gasteiger partial charge in [0.2, 0.25) is 5.91 Å². The van der Waals surface area contributed by atoms with Crippen molar-refractivity contribution in [2.45, 2.75) is 44.7 Å². The Bertz CT molecular complexity index is 559. The molecule has 1 amide bonds. The van der Waals surface area contributed by atoms with Gasteiger partial charge < -0.3 is 5.32 Å². The minimum Gasteiger partial charge on any atom is -0.348 e. The van der Waals surface area contributed by atoms with Crippen LogP contribution in [0.2, 0.25) is 5.02 Å². The minimum atomic E-state index is -0.0645. The van der Waals surface area contributed by atoms with E-state index in [0.717, 1.165) is 18.7 Å². The quantitative estimate of drug-likeness (QED) is 0.887. The van der Waals surface area contributed by atoms with Gasteiger partial charge in [0.1, 0.15) is 0 Å². The van der Waals surface area contributed by atoms with Crippen LogP contribution in [0.3, 0.4) is 0 Å². The van der Waals surface area contributed by atoms with Crippen LogP contribution >= 0.6 is 11.6 Å². The highest BCUT2D eigenvalue weighted by molar-refractivity contribution is 6.31. The third kappa shape index (κ3) is 4.50. The second-order valence-electron chi connectivity index (χ2n) is 7.08. The first-order chi connectivity index (χ1) is 11.6. The van der Waals surface area contributed by atoms with Gasteiger partial charge in [-0.3, -0.25) is 14.6 Å². The van der Waals surface area contributed by atoms with Crippen molar-refractivity contribution >= 4 is 17.5 Å². The number of rotatable bonds is 5. The molecule has 2 atom stereocenters. The van der Waals surface area contributed by atoms with Crippen LogP contribution in [0.1, 0.15) is 44.2 Å². The van der Waals surface area contributed by atoms with Gasteiger partial charge in [-0.15, -0.1) is 0 Å². The predicted octanol–water partition coefficient (Wildman–Crippen LogP) is 3.08. The number of hydrogen-bond acceptors (Lipinski definition) is 3. The second kappa shape index (κ2) is 8.32. The van der Waals surface area contributed by atoms with Crippen molar-refractivity contribution in [3.8, 4) is 0 Å². The first kappa shape index (κ1) is 17.7. The van der Waals surface area contributed by atoms with Crippen LogP contribution in [0.4, 0.5) is 0 Å². The molecule has 24 heavy (non-hydrogen) atoms. The number of benzene rings is 1. The fraction of sp³-hybridized carbons (Fsp3) is 0.632. The van der Waals surface area contributed by atoms with Crippen LogP contribution in [-0.4, -0.2) is 54.5 Å². The van der Waals surface area contributed by atoms with Crippen molar-refractivity contribution < 1.29 is 4.79 Å². The fourth-order valence-corrected chi connectivity index (χ4v) is 4.27. The lowest BCUT2D eigenvalue weighted by molar-refractivity contribution is -0.123. The summed E-state index contributed by atoms with van der Waals surface area (Å²) in [5.74, 6) is 0.0875. The Kier molecular flexibility index (Phi) is 6.14. The lowest BCUT2D eigenvalue weighted by Gasteiger charge is -2.37. The monoisotopic (exact) mass is 349 g/mol. The van der Waals surface area contributed by atoms with Crippen molar-refractivity contribution in [3.63, 3.8) is 0 Å². The molecule has 2 saturated heterocycles. The molecule has 132 valence electrons. The molecule has 1 aromatic carbocycles. The number of amides is 1. The van der Waals surface area contributed by atoms with Crippen molar-refractivity contribution in [2.24, 2.45) is 0 Å². The molecule has 2 fully saturated rings. The lowest BCUT2D eigenvalue weighted by Crippen LogP contribution is -2.49. The Morgan fingerprint density at radius 3 is 2.75 bits per heavy atom. The van der Waals surface area contributed by atoms with Crippen LogP contribution < -0.4 is 5.32 Å². The second-order valence-corrected chi connectivity index (χ2v) is 7.49. The zero-order valence-corrected chi connectivity index (χ0v) is 15.3. The number of carbonyl (C=O) groups is 1. The Hall–Kier alpha value is -1.10. The molecule has 0 spiro atoms. The molecule has 0 aliphatic carbocycles. The van der Waals surface area contributed by atoms with Gasteiger partial charge in [0.05, 0.1) is 12.6 Å². The third-order valence-electron chi connectivity index (χ3n) is 5.25. The first-order valence-corrected chi connectivity index (χ1v) is 9.51. The molecule has 0 aromatic heterocycles. The molecule has 0 bridgehead atoms. The zero-order chi connectivity index (χ0) is 16.9. The van der Waals surface area contributed by atoms with Crippen molar-refractivity contribution in [2.75, 3.05) is 32.7 Å². The highest BCUT2D eigenvalue weighted by Gasteiger charge is 2.28. The summed E-state index contributed by atoms with van der Waals surface area (Å²) in [5, 5.41) is 3.80. The topological polar surface area (TPSA) is 35.6 Å². The van der Waals surface area contributed by atoms with E-state index in [-0.39, 0.29) is 11.9 Å². The molecule has 2 aliphatic heterocycles. The average Bonchev–Trinajstić information content (AvgIpc) is 3.10. The van der Waals surface area contributed by atoms with Gasteiger partial charge in [-0.25, -0.2) is 0 Å². The maximum absolute atomic E-state index is 12.4. The summed E-state index contributed by atoms with van der Waals surface area (Å²) in [7, 11) is 0. The van der Waals surface area contributed by atoms with Crippen LogP contribution in [0.5, 0.6) is 0 Å². The molecule has 4 nitrogen and oxygen atoms in total. The molecule has 0 saturated carbocycles. The molecule has 2 aliphatic rings. The number of halogens is 1. The third-order valence-corrected chi connectivity index (χ3v) is 5.60. The molecule has 0 radical (unpaired) electrons. The largest absolute Gasteiger partial charge is 0.348 e. The summed E-state index contributed by atoms with van der Waals surface area (Å²) in [6.07, 6.45) is 5.11. The van der Waals surface area contributed by atoms with Gasteiger partial charge in [0.25, 0.3) is 0 Å². The Morgan fingerprint density at radius 2 is 2.00 bits per heavy atom. The number of hydrogen-bond donors (Lipinski definition) is 1. The summed E-state index contributed by atoms with van der Waals surface area (Å²) < 4.78 is 0. The van der Waals surface area contributed by atoms with Crippen molar-refractivity contribution in [1.29, 1.82) is 0 Å². The van der Waals surface area contributed by atoms with E-state index in [1.807, 2.05) is 31.2 Å². The number of likely N-dealkylation sites (tertiary alicyclic amines) is 2. The smallest absolute Gasteiger partial charge is 0.234 e. The number of nitrogens with one attached hydrogen (secondary N) is 1. The standard InChI is InChI=1S/C19H28ClN3O/c1-15(17-8-2-3-9-18(17)20)21-19(24)14-22-10-6-7-16(13-22)23-11-4-5-12-23/h2-3,8-9,15-16H,4-7,10-14H2,1H3,(H,21,24). The molecular weight excluding hydrogens is 322 g/mol. The fourth-order valence-electron chi connectivity index (χ4n) is 3.97. The number of carbonyl (C=O) groups excluding carboxylic acids is 1. The molecular formula is C19H28ClN3O. The van der Waals surface area contributed by atoms with Gasteiger partial charge in [0.15, 0.2) is 0 Å². The number of nitrogens with zero attached hydrogens (tertiary/aromatic N) is 2. The molecule has 3 rings (SSSR count).